The molecule has 0 saturated heterocycles. The van der Waals surface area contributed by atoms with E-state index in [2.05, 4.69) is 0 Å². The van der Waals surface area contributed by atoms with Crippen molar-refractivity contribution in [3.63, 3.8) is 0 Å². The third kappa shape index (κ3) is 4.35. The number of hydroxylamine groups is 2. The van der Waals surface area contributed by atoms with E-state index in [1.165, 1.54) is 0 Å². The van der Waals surface area contributed by atoms with Gasteiger partial charge in [0.1, 0.15) is 0 Å². The molecule has 5 nitrogen and oxygen atoms in total. The molecule has 0 aliphatic heterocycles. The van der Waals surface area contributed by atoms with Crippen molar-refractivity contribution in [2.75, 3.05) is 6.54 Å². The second-order valence-corrected chi connectivity index (χ2v) is 4.95. The minimum Gasteiger partial charge on any atom is -0.333 e. The lowest BCUT2D eigenvalue weighted by Gasteiger charge is -2.25. The quantitative estimate of drug-likeness (QED) is 0.836. The van der Waals surface area contributed by atoms with Crippen molar-refractivity contribution in [3.05, 3.63) is 35.9 Å². The lowest BCUT2D eigenvalue weighted by molar-refractivity contribution is -0.170. The number of benzene rings is 1. The van der Waals surface area contributed by atoms with Gasteiger partial charge in [-0.15, -0.1) is 0 Å². The molecular formula is C15H22N2O3. The predicted octanol–water partition coefficient (Wildman–Crippen LogP) is 1.98. The van der Waals surface area contributed by atoms with Crippen LogP contribution in [0.5, 0.6) is 0 Å². The summed E-state index contributed by atoms with van der Waals surface area (Å²) in [5.41, 5.74) is 6.23. The van der Waals surface area contributed by atoms with E-state index in [1.54, 1.807) is 30.3 Å². The second-order valence-electron chi connectivity index (χ2n) is 4.95. The Kier molecular flexibility index (Phi) is 6.18. The second kappa shape index (κ2) is 7.65. The molecule has 2 N–H and O–H groups in total. The van der Waals surface area contributed by atoms with Crippen molar-refractivity contribution in [3.8, 4) is 0 Å². The van der Waals surface area contributed by atoms with Crippen molar-refractivity contribution in [1.82, 2.24) is 5.06 Å². The Hall–Kier alpha value is -1.88. The van der Waals surface area contributed by atoms with Gasteiger partial charge >= 0.3 is 5.97 Å². The first kappa shape index (κ1) is 16.2. The van der Waals surface area contributed by atoms with Crippen LogP contribution in [-0.2, 0) is 9.63 Å². The Labute approximate surface area is 119 Å². The largest absolute Gasteiger partial charge is 0.363 e. The van der Waals surface area contributed by atoms with Crippen molar-refractivity contribution in [2.24, 2.45) is 11.7 Å². The average molecular weight is 278 g/mol. The molecule has 0 spiro atoms. The summed E-state index contributed by atoms with van der Waals surface area (Å²) < 4.78 is 0. The number of rotatable bonds is 5. The molecule has 1 aromatic rings. The van der Waals surface area contributed by atoms with E-state index in [0.29, 0.717) is 18.5 Å². The Balaban J connectivity index is 2.77. The molecule has 1 rings (SSSR count). The molecule has 0 radical (unpaired) electrons. The summed E-state index contributed by atoms with van der Waals surface area (Å²) >= 11 is 0. The summed E-state index contributed by atoms with van der Waals surface area (Å²) in [4.78, 5) is 29.3. The monoisotopic (exact) mass is 278 g/mol. The normalized spacial score (nSPS) is 12.1. The molecule has 0 aliphatic rings. The van der Waals surface area contributed by atoms with Crippen molar-refractivity contribution in [2.45, 2.75) is 33.2 Å². The molecule has 20 heavy (non-hydrogen) atoms. The van der Waals surface area contributed by atoms with Gasteiger partial charge in [0, 0.05) is 0 Å². The molecule has 0 aliphatic carbocycles. The van der Waals surface area contributed by atoms with Crippen LogP contribution in [0.15, 0.2) is 30.3 Å². The summed E-state index contributed by atoms with van der Waals surface area (Å²) in [6.45, 7) is 5.94. The van der Waals surface area contributed by atoms with Gasteiger partial charge in [-0.3, -0.25) is 4.79 Å². The first-order chi connectivity index (χ1) is 9.47. The minimum atomic E-state index is -0.676. The number of nitrogens with zero attached hydrogens (tertiary/aromatic N) is 1. The number of hydrogen-bond donors (Lipinski definition) is 1. The minimum absolute atomic E-state index is 0.0164. The van der Waals surface area contributed by atoms with Crippen molar-refractivity contribution in [1.29, 1.82) is 0 Å². The predicted molar refractivity (Wildman–Crippen MR) is 76.7 cm³/mol. The highest BCUT2D eigenvalue weighted by molar-refractivity contribution is 5.91. The molecule has 1 amide bonds. The van der Waals surface area contributed by atoms with Crippen LogP contribution in [0, 0.1) is 5.92 Å². The van der Waals surface area contributed by atoms with Crippen LogP contribution in [0.1, 0.15) is 37.6 Å². The third-order valence-electron chi connectivity index (χ3n) is 2.88. The fourth-order valence-electron chi connectivity index (χ4n) is 1.58. The van der Waals surface area contributed by atoms with Crippen LogP contribution in [0.3, 0.4) is 0 Å². The molecule has 0 aromatic heterocycles. The van der Waals surface area contributed by atoms with E-state index in [0.717, 1.165) is 5.06 Å². The van der Waals surface area contributed by atoms with E-state index in [-0.39, 0.29) is 11.8 Å². The molecule has 0 saturated carbocycles. The molecule has 1 atom stereocenters. The topological polar surface area (TPSA) is 72.6 Å². The smallest absolute Gasteiger partial charge is 0.333 e. The van der Waals surface area contributed by atoms with Gasteiger partial charge in [0.25, 0.3) is 5.91 Å². The number of nitrogens with two attached hydrogens (primary N) is 1. The standard InChI is InChI=1S/C15H22N2O3/c1-4-10-17(14(18)13(16)11(2)3)20-15(19)12-8-6-5-7-9-12/h5-9,11,13H,4,10,16H2,1-3H3/t13-/m0/s1. The van der Waals surface area contributed by atoms with Gasteiger partial charge in [0.2, 0.25) is 0 Å². The lowest BCUT2D eigenvalue weighted by Crippen LogP contribution is -2.47. The number of hydrogen-bond acceptors (Lipinski definition) is 4. The summed E-state index contributed by atoms with van der Waals surface area (Å²) in [5.74, 6) is -0.938. The first-order valence-electron chi connectivity index (χ1n) is 6.81. The molecule has 5 heteroatoms. The Morgan fingerprint density at radius 1 is 1.25 bits per heavy atom. The zero-order chi connectivity index (χ0) is 15.1. The summed E-state index contributed by atoms with van der Waals surface area (Å²) in [7, 11) is 0. The van der Waals surface area contributed by atoms with Gasteiger partial charge < -0.3 is 10.6 Å². The van der Waals surface area contributed by atoms with Crippen LogP contribution < -0.4 is 5.73 Å². The summed E-state index contributed by atoms with van der Waals surface area (Å²) in [5, 5.41) is 1.07. The van der Waals surface area contributed by atoms with E-state index >= 15 is 0 Å². The zero-order valence-corrected chi connectivity index (χ0v) is 12.2. The molecule has 0 bridgehead atoms. The Bertz CT molecular complexity index is 446. The van der Waals surface area contributed by atoms with Crippen LogP contribution in [0.25, 0.3) is 0 Å². The van der Waals surface area contributed by atoms with Gasteiger partial charge in [-0.1, -0.05) is 39.0 Å². The molecule has 0 heterocycles. The van der Waals surface area contributed by atoms with Crippen LogP contribution in [0.4, 0.5) is 0 Å². The maximum atomic E-state index is 12.2. The summed E-state index contributed by atoms with van der Waals surface area (Å²) in [6, 6.07) is 7.88. The molecule has 110 valence electrons. The van der Waals surface area contributed by atoms with Crippen molar-refractivity contribution < 1.29 is 14.4 Å². The lowest BCUT2D eigenvalue weighted by atomic mass is 10.0. The fourth-order valence-corrected chi connectivity index (χ4v) is 1.58. The number of carbonyl (C=O) groups excluding carboxylic acids is 2. The highest BCUT2D eigenvalue weighted by atomic mass is 16.7. The van der Waals surface area contributed by atoms with Gasteiger partial charge in [-0.25, -0.2) is 4.79 Å². The number of carbonyl (C=O) groups is 2. The zero-order valence-electron chi connectivity index (χ0n) is 12.2. The molecular weight excluding hydrogens is 256 g/mol. The maximum absolute atomic E-state index is 12.2. The third-order valence-corrected chi connectivity index (χ3v) is 2.88. The Morgan fingerprint density at radius 2 is 1.85 bits per heavy atom. The average Bonchev–Trinajstić information content (AvgIpc) is 2.46. The van der Waals surface area contributed by atoms with E-state index in [4.69, 9.17) is 10.6 Å². The van der Waals surface area contributed by atoms with Gasteiger partial charge in [0.15, 0.2) is 0 Å². The van der Waals surface area contributed by atoms with Gasteiger partial charge in [0.05, 0.1) is 18.2 Å². The highest BCUT2D eigenvalue weighted by Gasteiger charge is 2.26. The van der Waals surface area contributed by atoms with E-state index in [9.17, 15) is 9.59 Å². The molecule has 0 unspecified atom stereocenters. The fraction of sp³-hybridized carbons (Fsp3) is 0.467. The van der Waals surface area contributed by atoms with E-state index in [1.807, 2.05) is 20.8 Å². The molecule has 0 fully saturated rings. The summed E-state index contributed by atoms with van der Waals surface area (Å²) in [6.07, 6.45) is 0.679. The number of amides is 1. The van der Waals surface area contributed by atoms with Crippen molar-refractivity contribution >= 4 is 11.9 Å². The van der Waals surface area contributed by atoms with Crippen LogP contribution in [-0.4, -0.2) is 29.5 Å². The van der Waals surface area contributed by atoms with Gasteiger partial charge in [-0.05, 0) is 24.5 Å². The SMILES string of the molecule is CCCN(OC(=O)c1ccccc1)C(=O)[C@@H](N)C(C)C. The van der Waals surface area contributed by atoms with Crippen LogP contribution in [0.2, 0.25) is 0 Å². The highest BCUT2D eigenvalue weighted by Crippen LogP contribution is 2.08. The molecule has 1 aromatic carbocycles. The van der Waals surface area contributed by atoms with Crippen LogP contribution >= 0.6 is 0 Å². The maximum Gasteiger partial charge on any atom is 0.363 e. The Morgan fingerprint density at radius 3 is 2.35 bits per heavy atom. The van der Waals surface area contributed by atoms with E-state index < -0.39 is 12.0 Å². The first-order valence-corrected chi connectivity index (χ1v) is 6.81. The van der Waals surface area contributed by atoms with Gasteiger partial charge in [-0.2, -0.15) is 5.06 Å².